The number of sulfonamides is 1. The topological polar surface area (TPSA) is 102 Å². The third-order valence-corrected chi connectivity index (χ3v) is 7.01. The average molecular weight is 435 g/mol. The monoisotopic (exact) mass is 434 g/mol. The van der Waals surface area contributed by atoms with E-state index in [0.717, 1.165) is 0 Å². The van der Waals surface area contributed by atoms with E-state index in [-0.39, 0.29) is 30.9 Å². The summed E-state index contributed by atoms with van der Waals surface area (Å²) in [6.07, 6.45) is 0.347. The third-order valence-electron chi connectivity index (χ3n) is 5.13. The summed E-state index contributed by atoms with van der Waals surface area (Å²) in [5, 5.41) is 0. The lowest BCUT2D eigenvalue weighted by Gasteiger charge is -2.35. The quantitative estimate of drug-likeness (QED) is 0.610. The van der Waals surface area contributed by atoms with Gasteiger partial charge in [0, 0.05) is 13.1 Å². The minimum absolute atomic E-state index is 0.00891. The maximum atomic E-state index is 12.6. The summed E-state index contributed by atoms with van der Waals surface area (Å²) in [4.78, 5) is 26.6. The van der Waals surface area contributed by atoms with Crippen LogP contribution in [0.3, 0.4) is 0 Å². The Labute approximate surface area is 173 Å². The number of carbonyl (C=O) groups excluding carboxylic acids is 2. The van der Waals surface area contributed by atoms with Gasteiger partial charge in [-0.3, -0.25) is 9.69 Å². The Bertz CT molecular complexity index is 707. The smallest absolute Gasteiger partial charge is 0.413 e. The van der Waals surface area contributed by atoms with Crippen molar-refractivity contribution in [1.82, 2.24) is 9.21 Å². The van der Waals surface area contributed by atoms with E-state index in [1.807, 2.05) is 0 Å². The lowest BCUT2D eigenvalue weighted by Crippen LogP contribution is -2.51. The Morgan fingerprint density at radius 1 is 1.17 bits per heavy atom. The molecule has 2 rings (SSSR count). The average Bonchev–Trinajstić information content (AvgIpc) is 2.92. The van der Waals surface area contributed by atoms with Crippen LogP contribution in [0.15, 0.2) is 0 Å². The zero-order valence-electron chi connectivity index (χ0n) is 18.3. The van der Waals surface area contributed by atoms with E-state index in [9.17, 15) is 18.0 Å². The van der Waals surface area contributed by atoms with Crippen molar-refractivity contribution in [1.29, 1.82) is 0 Å². The molecule has 0 bridgehead atoms. The molecule has 10 heteroatoms. The van der Waals surface area contributed by atoms with E-state index in [1.165, 1.54) is 9.21 Å². The van der Waals surface area contributed by atoms with Gasteiger partial charge in [-0.15, -0.1) is 0 Å². The summed E-state index contributed by atoms with van der Waals surface area (Å²) in [6.45, 7) is 11.4. The van der Waals surface area contributed by atoms with Crippen molar-refractivity contribution in [2.75, 3.05) is 32.1 Å². The normalized spacial score (nSPS) is 23.8. The van der Waals surface area contributed by atoms with Gasteiger partial charge < -0.3 is 14.2 Å². The molecule has 1 amide bonds. The summed E-state index contributed by atoms with van der Waals surface area (Å²) < 4.78 is 42.0. The number of carbonyl (C=O) groups is 2. The largest absolute Gasteiger partial charge is 0.463 e. The van der Waals surface area contributed by atoms with Crippen LogP contribution in [0.25, 0.3) is 0 Å². The second-order valence-electron chi connectivity index (χ2n) is 8.97. The first-order chi connectivity index (χ1) is 13.3. The molecule has 0 radical (unpaired) electrons. The van der Waals surface area contributed by atoms with Crippen molar-refractivity contribution in [2.45, 2.75) is 71.8 Å². The Morgan fingerprint density at radius 3 is 2.28 bits per heavy atom. The number of hydrogen-bond donors (Lipinski definition) is 0. The Hall–Kier alpha value is -1.39. The molecule has 1 unspecified atom stereocenters. The fourth-order valence-corrected chi connectivity index (χ4v) is 4.67. The molecule has 0 spiro atoms. The Morgan fingerprint density at radius 2 is 1.76 bits per heavy atom. The Balaban J connectivity index is 1.91. The van der Waals surface area contributed by atoms with Gasteiger partial charge in [-0.25, -0.2) is 17.5 Å². The maximum absolute atomic E-state index is 12.6. The van der Waals surface area contributed by atoms with Crippen LogP contribution < -0.4 is 0 Å². The molecule has 0 aromatic carbocycles. The first-order valence-corrected chi connectivity index (χ1v) is 11.7. The van der Waals surface area contributed by atoms with Crippen molar-refractivity contribution in [3.63, 3.8) is 0 Å². The standard InChI is InChI=1S/C19H34N2O7S/c1-7-29(24,25)20-10-8-14(9-11-20)16(22)26-12-15-13-27-19(5,6)21(15)17(23)28-18(2,3)4/h14-15H,7-13H2,1-6H3. The van der Waals surface area contributed by atoms with Gasteiger partial charge in [0.25, 0.3) is 0 Å². The fourth-order valence-electron chi connectivity index (χ4n) is 3.53. The van der Waals surface area contributed by atoms with Crippen LogP contribution in [0.1, 0.15) is 54.4 Å². The van der Waals surface area contributed by atoms with E-state index in [1.54, 1.807) is 41.5 Å². The van der Waals surface area contributed by atoms with Gasteiger partial charge >= 0.3 is 12.1 Å². The molecule has 2 heterocycles. The van der Waals surface area contributed by atoms with Gasteiger partial charge in [-0.2, -0.15) is 0 Å². The predicted octanol–water partition coefficient (Wildman–Crippen LogP) is 1.96. The molecule has 2 aliphatic heterocycles. The number of esters is 1. The van der Waals surface area contributed by atoms with Crippen molar-refractivity contribution in [3.05, 3.63) is 0 Å². The molecular formula is C19H34N2O7S. The van der Waals surface area contributed by atoms with E-state index < -0.39 is 33.5 Å². The van der Waals surface area contributed by atoms with E-state index in [4.69, 9.17) is 14.2 Å². The van der Waals surface area contributed by atoms with Crippen LogP contribution in [0.4, 0.5) is 4.79 Å². The van der Waals surface area contributed by atoms with Crippen molar-refractivity contribution in [2.24, 2.45) is 5.92 Å². The van der Waals surface area contributed by atoms with Gasteiger partial charge in [0.15, 0.2) is 0 Å². The van der Waals surface area contributed by atoms with Crippen molar-refractivity contribution in [3.8, 4) is 0 Å². The number of piperidine rings is 1. The zero-order chi connectivity index (χ0) is 22.0. The summed E-state index contributed by atoms with van der Waals surface area (Å²) in [6, 6.07) is -0.440. The lowest BCUT2D eigenvalue weighted by atomic mass is 9.98. The molecule has 2 fully saturated rings. The lowest BCUT2D eigenvalue weighted by molar-refractivity contribution is -0.151. The van der Waals surface area contributed by atoms with E-state index >= 15 is 0 Å². The predicted molar refractivity (Wildman–Crippen MR) is 107 cm³/mol. The molecule has 0 aromatic rings. The summed E-state index contributed by atoms with van der Waals surface area (Å²) >= 11 is 0. The molecule has 0 aliphatic carbocycles. The minimum Gasteiger partial charge on any atom is -0.463 e. The van der Waals surface area contributed by atoms with Crippen molar-refractivity contribution >= 4 is 22.1 Å². The second kappa shape index (κ2) is 8.77. The van der Waals surface area contributed by atoms with Crippen LogP contribution in [-0.4, -0.2) is 79.1 Å². The minimum atomic E-state index is -3.23. The first-order valence-electron chi connectivity index (χ1n) is 10.1. The fraction of sp³-hybridized carbons (Fsp3) is 0.895. The van der Waals surface area contributed by atoms with Crippen LogP contribution >= 0.6 is 0 Å². The highest BCUT2D eigenvalue weighted by Gasteiger charge is 2.46. The maximum Gasteiger partial charge on any atom is 0.413 e. The first kappa shape index (κ1) is 23.9. The molecule has 0 N–H and O–H groups in total. The highest BCUT2D eigenvalue weighted by Crippen LogP contribution is 2.30. The number of ether oxygens (including phenoxy) is 3. The number of nitrogens with zero attached hydrogens (tertiary/aromatic N) is 2. The summed E-state index contributed by atoms with van der Waals surface area (Å²) in [5.74, 6) is -0.656. The van der Waals surface area contributed by atoms with Gasteiger partial charge in [0.1, 0.15) is 17.9 Å². The summed E-state index contributed by atoms with van der Waals surface area (Å²) in [5.41, 5.74) is -1.51. The highest BCUT2D eigenvalue weighted by atomic mass is 32.2. The molecular weight excluding hydrogens is 400 g/mol. The number of amides is 1. The van der Waals surface area contributed by atoms with Crippen LogP contribution in [-0.2, 0) is 29.0 Å². The molecule has 29 heavy (non-hydrogen) atoms. The number of hydrogen-bond acceptors (Lipinski definition) is 7. The molecule has 0 aromatic heterocycles. The molecule has 9 nitrogen and oxygen atoms in total. The Kier molecular flexibility index (Phi) is 7.22. The third kappa shape index (κ3) is 6.05. The van der Waals surface area contributed by atoms with Gasteiger partial charge in [-0.05, 0) is 54.4 Å². The molecule has 2 saturated heterocycles. The zero-order valence-corrected chi connectivity index (χ0v) is 19.1. The summed E-state index contributed by atoms with van der Waals surface area (Å²) in [7, 11) is -3.23. The molecule has 2 aliphatic rings. The van der Waals surface area contributed by atoms with E-state index in [2.05, 4.69) is 0 Å². The van der Waals surface area contributed by atoms with Crippen LogP contribution in [0.5, 0.6) is 0 Å². The van der Waals surface area contributed by atoms with Gasteiger partial charge in [-0.1, -0.05) is 0 Å². The second-order valence-corrected chi connectivity index (χ2v) is 11.2. The molecule has 1 atom stereocenters. The van der Waals surface area contributed by atoms with Gasteiger partial charge in [0.2, 0.25) is 10.0 Å². The highest BCUT2D eigenvalue weighted by molar-refractivity contribution is 7.89. The van der Waals surface area contributed by atoms with E-state index in [0.29, 0.717) is 25.9 Å². The molecule has 0 saturated carbocycles. The number of rotatable bonds is 5. The SMILES string of the molecule is CCS(=O)(=O)N1CCC(C(=O)OCC2COC(C)(C)N2C(=O)OC(C)(C)C)CC1. The van der Waals surface area contributed by atoms with Crippen LogP contribution in [0, 0.1) is 5.92 Å². The van der Waals surface area contributed by atoms with Gasteiger partial charge in [0.05, 0.1) is 24.3 Å². The molecule has 168 valence electrons. The van der Waals surface area contributed by atoms with Crippen molar-refractivity contribution < 1.29 is 32.2 Å². The van der Waals surface area contributed by atoms with Crippen LogP contribution in [0.2, 0.25) is 0 Å².